The maximum absolute atomic E-state index is 12.4. The molecule has 0 bridgehead atoms. The van der Waals surface area contributed by atoms with E-state index < -0.39 is 12.1 Å². The maximum Gasteiger partial charge on any atom is 0.573 e. The molecule has 0 amide bonds. The van der Waals surface area contributed by atoms with Gasteiger partial charge in [-0.05, 0) is 29.8 Å². The molecule has 33 heavy (non-hydrogen) atoms. The average molecular weight is 488 g/mol. The summed E-state index contributed by atoms with van der Waals surface area (Å²) in [5.74, 6) is 0.719. The zero-order valence-electron chi connectivity index (χ0n) is 17.7. The summed E-state index contributed by atoms with van der Waals surface area (Å²) in [6.45, 7) is 0.592. The second-order valence-electron chi connectivity index (χ2n) is 6.71. The van der Waals surface area contributed by atoms with E-state index in [-0.39, 0.29) is 19.1 Å². The molecular formula is C21H21ClF3N3O5. The lowest BCUT2D eigenvalue weighted by atomic mass is 10.2. The number of hydrogen-bond donors (Lipinski definition) is 1. The first-order chi connectivity index (χ1) is 15.7. The van der Waals surface area contributed by atoms with Gasteiger partial charge in [0, 0.05) is 19.7 Å². The second kappa shape index (κ2) is 11.1. The highest BCUT2D eigenvalue weighted by Crippen LogP contribution is 2.27. The number of alkyl halides is 3. The van der Waals surface area contributed by atoms with Gasteiger partial charge in [0.15, 0.2) is 19.0 Å². The SMILES string of the molecule is COc1cc(CNC2=C(N=COc3cccc(OC(F)(F)F)c3)N(C)COOC2)ccc1Cl. The molecule has 0 aromatic heterocycles. The predicted molar refractivity (Wildman–Crippen MR) is 114 cm³/mol. The molecule has 8 nitrogen and oxygen atoms in total. The number of nitrogens with zero attached hydrogens (tertiary/aromatic N) is 2. The molecule has 1 aliphatic rings. The number of rotatable bonds is 8. The molecule has 0 saturated heterocycles. The van der Waals surface area contributed by atoms with Crippen molar-refractivity contribution in [3.63, 3.8) is 0 Å². The fourth-order valence-corrected chi connectivity index (χ4v) is 2.98. The summed E-state index contributed by atoms with van der Waals surface area (Å²) in [6.07, 6.45) is -3.69. The monoisotopic (exact) mass is 487 g/mol. The van der Waals surface area contributed by atoms with Gasteiger partial charge in [-0.2, -0.15) is 0 Å². The average Bonchev–Trinajstić information content (AvgIpc) is 2.93. The van der Waals surface area contributed by atoms with Gasteiger partial charge in [0.2, 0.25) is 0 Å². The van der Waals surface area contributed by atoms with Crippen LogP contribution in [0.5, 0.6) is 17.2 Å². The highest BCUT2D eigenvalue weighted by Gasteiger charge is 2.31. The number of benzene rings is 2. The number of methoxy groups -OCH3 is 1. The number of nitrogens with one attached hydrogen (secondary N) is 1. The van der Waals surface area contributed by atoms with Crippen molar-refractivity contribution in [2.75, 3.05) is 27.5 Å². The van der Waals surface area contributed by atoms with Crippen LogP contribution in [0.25, 0.3) is 0 Å². The zero-order valence-corrected chi connectivity index (χ0v) is 18.4. The van der Waals surface area contributed by atoms with E-state index in [1.165, 1.54) is 25.3 Å². The van der Waals surface area contributed by atoms with Crippen LogP contribution in [0.1, 0.15) is 5.56 Å². The van der Waals surface area contributed by atoms with Crippen LogP contribution in [-0.4, -0.2) is 45.2 Å². The van der Waals surface area contributed by atoms with Crippen molar-refractivity contribution in [1.29, 1.82) is 0 Å². The summed E-state index contributed by atoms with van der Waals surface area (Å²) in [5.41, 5.74) is 1.50. The van der Waals surface area contributed by atoms with E-state index >= 15 is 0 Å². The summed E-state index contributed by atoms with van der Waals surface area (Å²) in [5, 5.41) is 3.73. The van der Waals surface area contributed by atoms with Crippen LogP contribution in [0.15, 0.2) is 59.0 Å². The lowest BCUT2D eigenvalue weighted by Gasteiger charge is -2.18. The summed E-state index contributed by atoms with van der Waals surface area (Å²) < 4.78 is 51.7. The van der Waals surface area contributed by atoms with Gasteiger partial charge in [-0.25, -0.2) is 14.8 Å². The normalized spacial score (nSPS) is 14.9. The number of halogens is 4. The van der Waals surface area contributed by atoms with Crippen molar-refractivity contribution in [3.8, 4) is 17.2 Å². The molecule has 0 aliphatic carbocycles. The molecule has 178 valence electrons. The Labute approximate surface area is 193 Å². The predicted octanol–water partition coefficient (Wildman–Crippen LogP) is 4.46. The van der Waals surface area contributed by atoms with E-state index in [0.717, 1.165) is 18.0 Å². The fourth-order valence-electron chi connectivity index (χ4n) is 2.78. The van der Waals surface area contributed by atoms with Crippen molar-refractivity contribution in [2.24, 2.45) is 4.99 Å². The van der Waals surface area contributed by atoms with E-state index in [0.29, 0.717) is 28.8 Å². The Hall–Kier alpha value is -3.15. The van der Waals surface area contributed by atoms with E-state index in [4.69, 9.17) is 30.8 Å². The van der Waals surface area contributed by atoms with Crippen LogP contribution < -0.4 is 19.5 Å². The number of ether oxygens (including phenoxy) is 3. The van der Waals surface area contributed by atoms with E-state index in [9.17, 15) is 13.2 Å². The minimum Gasteiger partial charge on any atom is -0.495 e. The molecule has 0 spiro atoms. The first kappa shape index (κ1) is 24.5. The standard InChI is InChI=1S/C21H21ClF3N3O5/c1-28-13-32-31-11-18(26-10-14-6-7-17(22)19(8-14)29-2)20(28)27-12-30-15-4-3-5-16(9-15)33-21(23,24)25/h3-9,12,26H,10-11,13H2,1-2H3. The first-order valence-corrected chi connectivity index (χ1v) is 9.93. The highest BCUT2D eigenvalue weighted by molar-refractivity contribution is 6.32. The molecule has 0 unspecified atom stereocenters. The topological polar surface area (TPSA) is 73.8 Å². The summed E-state index contributed by atoms with van der Waals surface area (Å²) in [7, 11) is 3.26. The summed E-state index contributed by atoms with van der Waals surface area (Å²) in [6, 6.07) is 10.5. The Morgan fingerprint density at radius 3 is 2.73 bits per heavy atom. The van der Waals surface area contributed by atoms with E-state index in [1.54, 1.807) is 24.1 Å². The van der Waals surface area contributed by atoms with Crippen LogP contribution in [0.2, 0.25) is 5.02 Å². The van der Waals surface area contributed by atoms with Crippen LogP contribution in [0.3, 0.4) is 0 Å². The van der Waals surface area contributed by atoms with Crippen molar-refractivity contribution in [2.45, 2.75) is 12.9 Å². The molecule has 1 heterocycles. The van der Waals surface area contributed by atoms with Gasteiger partial charge in [0.25, 0.3) is 0 Å². The fraction of sp³-hybridized carbons (Fsp3) is 0.286. The van der Waals surface area contributed by atoms with Gasteiger partial charge in [-0.15, -0.1) is 13.2 Å². The second-order valence-corrected chi connectivity index (χ2v) is 7.11. The molecule has 3 rings (SSSR count). The molecule has 12 heteroatoms. The molecule has 1 aliphatic heterocycles. The first-order valence-electron chi connectivity index (χ1n) is 9.55. The molecule has 2 aromatic carbocycles. The molecule has 0 fully saturated rings. The van der Waals surface area contributed by atoms with Crippen LogP contribution in [-0.2, 0) is 16.3 Å². The highest BCUT2D eigenvalue weighted by atomic mass is 35.5. The molecule has 0 saturated carbocycles. The van der Waals surface area contributed by atoms with E-state index in [1.807, 2.05) is 6.07 Å². The smallest absolute Gasteiger partial charge is 0.495 e. The summed E-state index contributed by atoms with van der Waals surface area (Å²) >= 11 is 6.06. The minimum absolute atomic E-state index is 0.0800. The van der Waals surface area contributed by atoms with Gasteiger partial charge in [-0.3, -0.25) is 0 Å². The molecule has 1 N–H and O–H groups in total. The Kier molecular flexibility index (Phi) is 8.26. The van der Waals surface area contributed by atoms with Crippen LogP contribution >= 0.6 is 11.6 Å². The van der Waals surface area contributed by atoms with Crippen LogP contribution in [0.4, 0.5) is 13.2 Å². The van der Waals surface area contributed by atoms with E-state index in [2.05, 4.69) is 15.0 Å². The third kappa shape index (κ3) is 7.45. The van der Waals surface area contributed by atoms with Crippen molar-refractivity contribution >= 4 is 18.0 Å². The third-order valence-corrected chi connectivity index (χ3v) is 4.60. The molecule has 2 aromatic rings. The van der Waals surface area contributed by atoms with Gasteiger partial charge >= 0.3 is 6.36 Å². The van der Waals surface area contributed by atoms with Gasteiger partial charge < -0.3 is 24.4 Å². The van der Waals surface area contributed by atoms with Gasteiger partial charge in [0.1, 0.15) is 23.9 Å². The Balaban J connectivity index is 1.73. The van der Waals surface area contributed by atoms with Crippen molar-refractivity contribution < 1.29 is 37.2 Å². The third-order valence-electron chi connectivity index (χ3n) is 4.29. The molecule has 0 radical (unpaired) electrons. The van der Waals surface area contributed by atoms with Gasteiger partial charge in [0.05, 0.1) is 17.8 Å². The van der Waals surface area contributed by atoms with Crippen LogP contribution in [0, 0.1) is 0 Å². The van der Waals surface area contributed by atoms with Gasteiger partial charge in [-0.1, -0.05) is 23.7 Å². The minimum atomic E-state index is -4.80. The lowest BCUT2D eigenvalue weighted by molar-refractivity contribution is -0.300. The van der Waals surface area contributed by atoms with Crippen molar-refractivity contribution in [3.05, 3.63) is 64.6 Å². The zero-order chi connectivity index (χ0) is 23.8. The Bertz CT molecular complexity index is 1020. The number of hydrogen-bond acceptors (Lipinski definition) is 8. The molecular weight excluding hydrogens is 467 g/mol. The molecule has 0 atom stereocenters. The Morgan fingerprint density at radius 2 is 1.97 bits per heavy atom. The maximum atomic E-state index is 12.4. The Morgan fingerprint density at radius 1 is 1.18 bits per heavy atom. The van der Waals surface area contributed by atoms with Crippen molar-refractivity contribution in [1.82, 2.24) is 10.2 Å². The number of aliphatic imine (C=N–C) groups is 1. The largest absolute Gasteiger partial charge is 0.573 e. The summed E-state index contributed by atoms with van der Waals surface area (Å²) in [4.78, 5) is 16.2. The lowest BCUT2D eigenvalue weighted by Crippen LogP contribution is -2.24. The quantitative estimate of drug-likeness (QED) is 0.335.